The Morgan fingerprint density at radius 3 is 2.29 bits per heavy atom. The standard InChI is InChI=1S/C21H22N2O4S/c1-13-5-9-18(15(3)11-13)23-28(25,26)20-12-17(8-6-14(20)2)22-21(24)19-10-7-16(4)27-19/h5-12,23H,1-4H3,(H,22,24). The lowest BCUT2D eigenvalue weighted by Crippen LogP contribution is -2.16. The van der Waals surface area contributed by atoms with E-state index in [0.717, 1.165) is 11.1 Å². The molecule has 0 atom stereocenters. The summed E-state index contributed by atoms with van der Waals surface area (Å²) < 4.78 is 33.8. The Labute approximate surface area is 164 Å². The van der Waals surface area contributed by atoms with Crippen LogP contribution >= 0.6 is 0 Å². The molecule has 0 saturated carbocycles. The maximum absolute atomic E-state index is 12.9. The van der Waals surface area contributed by atoms with E-state index in [1.165, 1.54) is 6.07 Å². The SMILES string of the molecule is Cc1ccc(NS(=O)(=O)c2cc(NC(=O)c3ccc(C)o3)ccc2C)c(C)c1. The summed E-state index contributed by atoms with van der Waals surface area (Å²) in [6.07, 6.45) is 0. The van der Waals surface area contributed by atoms with E-state index < -0.39 is 15.9 Å². The summed E-state index contributed by atoms with van der Waals surface area (Å²) >= 11 is 0. The van der Waals surface area contributed by atoms with Gasteiger partial charge in [0.15, 0.2) is 5.76 Å². The zero-order valence-electron chi connectivity index (χ0n) is 16.2. The Hall–Kier alpha value is -3.06. The Balaban J connectivity index is 1.88. The predicted molar refractivity (Wildman–Crippen MR) is 109 cm³/mol. The molecule has 0 spiro atoms. The Bertz CT molecular complexity index is 1150. The first-order valence-electron chi connectivity index (χ1n) is 8.74. The summed E-state index contributed by atoms with van der Waals surface area (Å²) in [6.45, 7) is 7.24. The fourth-order valence-corrected chi connectivity index (χ4v) is 4.25. The largest absolute Gasteiger partial charge is 0.456 e. The van der Waals surface area contributed by atoms with E-state index in [-0.39, 0.29) is 10.7 Å². The summed E-state index contributed by atoms with van der Waals surface area (Å²) in [4.78, 5) is 12.4. The van der Waals surface area contributed by atoms with Crippen molar-refractivity contribution in [3.63, 3.8) is 0 Å². The molecule has 0 aliphatic rings. The lowest BCUT2D eigenvalue weighted by atomic mass is 10.1. The molecular formula is C21H22N2O4S. The highest BCUT2D eigenvalue weighted by atomic mass is 32.2. The quantitative estimate of drug-likeness (QED) is 0.659. The van der Waals surface area contributed by atoms with Crippen molar-refractivity contribution in [3.8, 4) is 0 Å². The van der Waals surface area contributed by atoms with Crippen LogP contribution in [0.4, 0.5) is 11.4 Å². The van der Waals surface area contributed by atoms with Crippen molar-refractivity contribution >= 4 is 27.3 Å². The lowest BCUT2D eigenvalue weighted by Gasteiger charge is -2.14. The number of carbonyl (C=O) groups is 1. The van der Waals surface area contributed by atoms with Gasteiger partial charge >= 0.3 is 0 Å². The molecule has 0 radical (unpaired) electrons. The van der Waals surface area contributed by atoms with Crippen LogP contribution in [0.3, 0.4) is 0 Å². The van der Waals surface area contributed by atoms with Crippen molar-refractivity contribution in [2.24, 2.45) is 0 Å². The molecule has 3 aromatic rings. The van der Waals surface area contributed by atoms with Crippen molar-refractivity contribution < 1.29 is 17.6 Å². The number of benzene rings is 2. The van der Waals surface area contributed by atoms with Crippen LogP contribution in [0.1, 0.15) is 33.0 Å². The Kier molecular flexibility index (Phi) is 5.29. The molecule has 146 valence electrons. The zero-order valence-corrected chi connectivity index (χ0v) is 17.0. The summed E-state index contributed by atoms with van der Waals surface area (Å²) in [5, 5.41) is 2.67. The van der Waals surface area contributed by atoms with Crippen LogP contribution < -0.4 is 10.0 Å². The van der Waals surface area contributed by atoms with Crippen molar-refractivity contribution in [3.05, 3.63) is 76.7 Å². The minimum absolute atomic E-state index is 0.0981. The molecule has 1 heterocycles. The molecule has 3 rings (SSSR count). The average molecular weight is 398 g/mol. The monoisotopic (exact) mass is 398 g/mol. The summed E-state index contributed by atoms with van der Waals surface area (Å²) in [7, 11) is -3.82. The molecule has 6 nitrogen and oxygen atoms in total. The van der Waals surface area contributed by atoms with Gasteiger partial charge in [-0.3, -0.25) is 9.52 Å². The second-order valence-electron chi connectivity index (χ2n) is 6.77. The van der Waals surface area contributed by atoms with Crippen LogP contribution in [0.2, 0.25) is 0 Å². The van der Waals surface area contributed by atoms with Crippen molar-refractivity contribution in [1.82, 2.24) is 0 Å². The van der Waals surface area contributed by atoms with Gasteiger partial charge in [-0.05, 0) is 69.2 Å². The van der Waals surface area contributed by atoms with Gasteiger partial charge in [0.05, 0.1) is 10.6 Å². The molecule has 2 N–H and O–H groups in total. The Morgan fingerprint density at radius 1 is 0.893 bits per heavy atom. The number of anilines is 2. The van der Waals surface area contributed by atoms with Gasteiger partial charge in [-0.25, -0.2) is 8.42 Å². The molecule has 1 aromatic heterocycles. The minimum atomic E-state index is -3.82. The predicted octanol–water partition coefficient (Wildman–Crippen LogP) is 4.57. The van der Waals surface area contributed by atoms with Crippen molar-refractivity contribution in [2.75, 3.05) is 10.0 Å². The van der Waals surface area contributed by atoms with E-state index in [1.807, 2.05) is 26.0 Å². The number of aryl methyl sites for hydroxylation is 4. The molecule has 28 heavy (non-hydrogen) atoms. The minimum Gasteiger partial charge on any atom is -0.456 e. The molecule has 0 saturated heterocycles. The van der Waals surface area contributed by atoms with E-state index in [2.05, 4.69) is 10.0 Å². The van der Waals surface area contributed by atoms with Crippen LogP contribution in [0, 0.1) is 27.7 Å². The highest BCUT2D eigenvalue weighted by molar-refractivity contribution is 7.92. The first-order valence-corrected chi connectivity index (χ1v) is 10.2. The molecule has 0 aliphatic carbocycles. The summed E-state index contributed by atoms with van der Waals surface area (Å²) in [6, 6.07) is 13.5. The fourth-order valence-electron chi connectivity index (χ4n) is 2.84. The number of rotatable bonds is 5. The Morgan fingerprint density at radius 2 is 1.64 bits per heavy atom. The van der Waals surface area contributed by atoms with E-state index >= 15 is 0 Å². The topological polar surface area (TPSA) is 88.4 Å². The van der Waals surface area contributed by atoms with E-state index in [9.17, 15) is 13.2 Å². The van der Waals surface area contributed by atoms with Crippen molar-refractivity contribution in [2.45, 2.75) is 32.6 Å². The molecule has 0 fully saturated rings. The average Bonchev–Trinajstić information content (AvgIpc) is 3.05. The number of amides is 1. The molecule has 2 aromatic carbocycles. The smallest absolute Gasteiger partial charge is 0.291 e. The third-order valence-corrected chi connectivity index (χ3v) is 5.83. The van der Waals surface area contributed by atoms with Crippen LogP contribution in [0.25, 0.3) is 0 Å². The fraction of sp³-hybridized carbons (Fsp3) is 0.190. The third kappa shape index (κ3) is 4.26. The lowest BCUT2D eigenvalue weighted by molar-refractivity contribution is 0.0995. The van der Waals surface area contributed by atoms with Crippen LogP contribution in [-0.2, 0) is 10.0 Å². The number of furan rings is 1. The number of hydrogen-bond donors (Lipinski definition) is 2. The van der Waals surface area contributed by atoms with E-state index in [4.69, 9.17) is 4.42 Å². The highest BCUT2D eigenvalue weighted by Crippen LogP contribution is 2.25. The van der Waals surface area contributed by atoms with Gasteiger partial charge in [0.1, 0.15) is 5.76 Å². The van der Waals surface area contributed by atoms with Gasteiger partial charge in [0.25, 0.3) is 15.9 Å². The molecular weight excluding hydrogens is 376 g/mol. The normalized spacial score (nSPS) is 11.3. The van der Waals surface area contributed by atoms with E-state index in [0.29, 0.717) is 22.7 Å². The zero-order chi connectivity index (χ0) is 20.5. The molecule has 0 bridgehead atoms. The number of hydrogen-bond acceptors (Lipinski definition) is 4. The third-order valence-electron chi connectivity index (χ3n) is 4.33. The van der Waals surface area contributed by atoms with Gasteiger partial charge < -0.3 is 9.73 Å². The highest BCUT2D eigenvalue weighted by Gasteiger charge is 2.19. The maximum atomic E-state index is 12.9. The second-order valence-corrected chi connectivity index (χ2v) is 8.42. The maximum Gasteiger partial charge on any atom is 0.291 e. The van der Waals surface area contributed by atoms with Crippen LogP contribution in [0.5, 0.6) is 0 Å². The second kappa shape index (κ2) is 7.52. The van der Waals surface area contributed by atoms with Gasteiger partial charge in [0, 0.05) is 5.69 Å². The van der Waals surface area contributed by atoms with Gasteiger partial charge in [-0.2, -0.15) is 0 Å². The molecule has 7 heteroatoms. The van der Waals surface area contributed by atoms with Crippen molar-refractivity contribution in [1.29, 1.82) is 0 Å². The first-order chi connectivity index (χ1) is 13.2. The molecule has 0 aliphatic heterocycles. The summed E-state index contributed by atoms with van der Waals surface area (Å²) in [5.74, 6) is 0.341. The van der Waals surface area contributed by atoms with Gasteiger partial charge in [-0.15, -0.1) is 0 Å². The summed E-state index contributed by atoms with van der Waals surface area (Å²) in [5.41, 5.74) is 3.34. The first kappa shape index (κ1) is 19.7. The molecule has 1 amide bonds. The number of nitrogens with one attached hydrogen (secondary N) is 2. The molecule has 0 unspecified atom stereocenters. The number of carbonyl (C=O) groups excluding carboxylic acids is 1. The van der Waals surface area contributed by atoms with Crippen LogP contribution in [0.15, 0.2) is 57.8 Å². The van der Waals surface area contributed by atoms with Gasteiger partial charge in [-0.1, -0.05) is 23.8 Å². The van der Waals surface area contributed by atoms with Crippen LogP contribution in [-0.4, -0.2) is 14.3 Å². The number of sulfonamides is 1. The van der Waals surface area contributed by atoms with E-state index in [1.54, 1.807) is 44.2 Å². The van der Waals surface area contributed by atoms with Gasteiger partial charge in [0.2, 0.25) is 0 Å².